The molecule has 0 bridgehead atoms. The average molecular weight is 426 g/mol. The standard InChI is InChI=1S/C16H26O13/c17-13(18)9-26-11-15(21)28-7-5-24-3-1-23-2-4-25-6-8-29-16(22)12-27-10-14(19)20/h1-12H2,(H,17,18)(H,19,20). The van der Waals surface area contributed by atoms with Crippen LogP contribution < -0.4 is 0 Å². The molecule has 0 aromatic carbocycles. The number of carbonyl (C=O) groups is 4. The summed E-state index contributed by atoms with van der Waals surface area (Å²) in [5, 5.41) is 16.6. The van der Waals surface area contributed by atoms with E-state index in [1.165, 1.54) is 0 Å². The van der Waals surface area contributed by atoms with E-state index in [0.717, 1.165) is 0 Å². The van der Waals surface area contributed by atoms with Crippen molar-refractivity contribution in [2.75, 3.05) is 79.3 Å². The van der Waals surface area contributed by atoms with Crippen LogP contribution in [0.5, 0.6) is 0 Å². The lowest BCUT2D eigenvalue weighted by molar-refractivity contribution is -0.155. The highest BCUT2D eigenvalue weighted by Gasteiger charge is 2.05. The van der Waals surface area contributed by atoms with E-state index < -0.39 is 50.3 Å². The highest BCUT2D eigenvalue weighted by Crippen LogP contribution is 1.87. The Kier molecular flexibility index (Phi) is 17.5. The molecular weight excluding hydrogens is 400 g/mol. The van der Waals surface area contributed by atoms with E-state index in [1.807, 2.05) is 0 Å². The highest BCUT2D eigenvalue weighted by atomic mass is 16.6. The maximum Gasteiger partial charge on any atom is 0.332 e. The van der Waals surface area contributed by atoms with Crippen molar-refractivity contribution in [3.8, 4) is 0 Å². The Hall–Kier alpha value is -2.32. The minimum atomic E-state index is -1.17. The lowest BCUT2D eigenvalue weighted by Crippen LogP contribution is -2.19. The molecule has 0 atom stereocenters. The van der Waals surface area contributed by atoms with Crippen molar-refractivity contribution in [3.63, 3.8) is 0 Å². The fourth-order valence-corrected chi connectivity index (χ4v) is 1.50. The maximum atomic E-state index is 11.1. The second-order valence-electron chi connectivity index (χ2n) is 5.05. The molecule has 0 radical (unpaired) electrons. The molecular formula is C16H26O13. The lowest BCUT2D eigenvalue weighted by Gasteiger charge is -2.08. The Labute approximate surface area is 166 Å². The maximum absolute atomic E-state index is 11.1. The summed E-state index contributed by atoms with van der Waals surface area (Å²) in [6, 6.07) is 0. The van der Waals surface area contributed by atoms with E-state index in [1.54, 1.807) is 0 Å². The fourth-order valence-electron chi connectivity index (χ4n) is 1.50. The zero-order valence-corrected chi connectivity index (χ0v) is 15.9. The summed E-state index contributed by atoms with van der Waals surface area (Å²) in [6.45, 7) is -0.510. The Bertz CT molecular complexity index is 437. The predicted molar refractivity (Wildman–Crippen MR) is 91.3 cm³/mol. The first-order chi connectivity index (χ1) is 13.9. The molecule has 0 saturated heterocycles. The van der Waals surface area contributed by atoms with Gasteiger partial charge in [-0.15, -0.1) is 0 Å². The second kappa shape index (κ2) is 19.0. The molecule has 0 amide bonds. The summed E-state index contributed by atoms with van der Waals surface area (Å²) in [5.74, 6) is -3.70. The monoisotopic (exact) mass is 426 g/mol. The summed E-state index contributed by atoms with van der Waals surface area (Å²) in [7, 11) is 0. The molecule has 0 aliphatic rings. The van der Waals surface area contributed by atoms with Gasteiger partial charge in [-0.1, -0.05) is 0 Å². The number of hydrogen-bond acceptors (Lipinski definition) is 11. The number of rotatable bonds is 20. The number of carbonyl (C=O) groups excluding carboxylic acids is 2. The van der Waals surface area contributed by atoms with Crippen molar-refractivity contribution in [1.82, 2.24) is 0 Å². The van der Waals surface area contributed by atoms with Crippen molar-refractivity contribution >= 4 is 23.9 Å². The number of esters is 2. The number of carboxylic acid groups (broad SMARTS) is 2. The van der Waals surface area contributed by atoms with Gasteiger partial charge in [-0.25, -0.2) is 19.2 Å². The van der Waals surface area contributed by atoms with Gasteiger partial charge in [-0.05, 0) is 0 Å². The van der Waals surface area contributed by atoms with Gasteiger partial charge in [0.2, 0.25) is 0 Å². The summed E-state index contributed by atoms with van der Waals surface area (Å²) in [6.07, 6.45) is 0. The van der Waals surface area contributed by atoms with Gasteiger partial charge in [-0.3, -0.25) is 0 Å². The van der Waals surface area contributed by atoms with Crippen LogP contribution in [0.15, 0.2) is 0 Å². The molecule has 29 heavy (non-hydrogen) atoms. The van der Waals surface area contributed by atoms with Gasteiger partial charge in [0.25, 0.3) is 0 Å². The summed E-state index contributed by atoms with van der Waals surface area (Å²) in [5.41, 5.74) is 0. The van der Waals surface area contributed by atoms with Crippen LogP contribution in [0, 0.1) is 0 Å². The van der Waals surface area contributed by atoms with Gasteiger partial charge in [0, 0.05) is 0 Å². The van der Waals surface area contributed by atoms with Crippen LogP contribution in [0.3, 0.4) is 0 Å². The molecule has 0 fully saturated rings. The van der Waals surface area contributed by atoms with Crippen LogP contribution in [0.1, 0.15) is 0 Å². The first-order valence-corrected chi connectivity index (χ1v) is 8.55. The van der Waals surface area contributed by atoms with Crippen LogP contribution in [-0.2, 0) is 52.3 Å². The topological polar surface area (TPSA) is 173 Å². The van der Waals surface area contributed by atoms with Crippen LogP contribution in [-0.4, -0.2) is 113 Å². The minimum absolute atomic E-state index is 0.0123. The molecule has 0 saturated carbocycles. The molecule has 168 valence electrons. The van der Waals surface area contributed by atoms with Gasteiger partial charge in [0.05, 0.1) is 39.6 Å². The molecule has 0 rings (SSSR count). The SMILES string of the molecule is O=C(O)COCC(=O)OCCOCCOCCOCCOC(=O)COCC(=O)O. The third kappa shape index (κ3) is 21.8. The van der Waals surface area contributed by atoms with Gasteiger partial charge in [-0.2, -0.15) is 0 Å². The molecule has 0 spiro atoms. The third-order valence-corrected chi connectivity index (χ3v) is 2.62. The molecule has 2 N–H and O–H groups in total. The smallest absolute Gasteiger partial charge is 0.332 e. The third-order valence-electron chi connectivity index (χ3n) is 2.62. The molecule has 0 heterocycles. The summed E-state index contributed by atoms with van der Waals surface area (Å²) < 4.78 is 34.1. The molecule has 0 aliphatic heterocycles. The molecule has 0 aromatic rings. The van der Waals surface area contributed by atoms with E-state index in [2.05, 4.69) is 9.47 Å². The number of carboxylic acids is 2. The zero-order chi connectivity index (χ0) is 21.7. The van der Waals surface area contributed by atoms with Crippen molar-refractivity contribution in [2.24, 2.45) is 0 Å². The fraction of sp³-hybridized carbons (Fsp3) is 0.750. The predicted octanol–water partition coefficient (Wildman–Crippen LogP) is -1.67. The van der Waals surface area contributed by atoms with E-state index in [4.69, 9.17) is 33.9 Å². The number of ether oxygens (including phenoxy) is 7. The van der Waals surface area contributed by atoms with E-state index in [-0.39, 0.29) is 39.6 Å². The molecule has 0 aliphatic carbocycles. The minimum Gasteiger partial charge on any atom is -0.480 e. The Balaban J connectivity index is 3.24. The summed E-state index contributed by atoms with van der Waals surface area (Å²) in [4.78, 5) is 42.6. The van der Waals surface area contributed by atoms with E-state index >= 15 is 0 Å². The Morgan fingerprint density at radius 1 is 0.448 bits per heavy atom. The average Bonchev–Trinajstić information content (AvgIpc) is 2.64. The van der Waals surface area contributed by atoms with Crippen molar-refractivity contribution < 1.29 is 62.5 Å². The number of hydrogen-bond donors (Lipinski definition) is 2. The van der Waals surface area contributed by atoms with Gasteiger partial charge < -0.3 is 43.4 Å². The largest absolute Gasteiger partial charge is 0.480 e. The molecule has 0 unspecified atom stereocenters. The Morgan fingerprint density at radius 2 is 0.759 bits per heavy atom. The quantitative estimate of drug-likeness (QED) is 0.167. The Morgan fingerprint density at radius 3 is 1.07 bits per heavy atom. The van der Waals surface area contributed by atoms with Gasteiger partial charge in [0.1, 0.15) is 39.6 Å². The summed E-state index contributed by atoms with van der Waals surface area (Å²) >= 11 is 0. The van der Waals surface area contributed by atoms with Crippen molar-refractivity contribution in [1.29, 1.82) is 0 Å². The van der Waals surface area contributed by atoms with Crippen molar-refractivity contribution in [2.45, 2.75) is 0 Å². The van der Waals surface area contributed by atoms with Crippen molar-refractivity contribution in [3.05, 3.63) is 0 Å². The van der Waals surface area contributed by atoms with E-state index in [0.29, 0.717) is 13.2 Å². The highest BCUT2D eigenvalue weighted by molar-refractivity contribution is 5.72. The molecule has 13 nitrogen and oxygen atoms in total. The molecule has 0 aromatic heterocycles. The zero-order valence-electron chi connectivity index (χ0n) is 15.9. The van der Waals surface area contributed by atoms with Crippen LogP contribution in [0.2, 0.25) is 0 Å². The van der Waals surface area contributed by atoms with Gasteiger partial charge in [0.15, 0.2) is 0 Å². The van der Waals surface area contributed by atoms with Crippen LogP contribution >= 0.6 is 0 Å². The van der Waals surface area contributed by atoms with Crippen LogP contribution in [0.4, 0.5) is 0 Å². The second-order valence-corrected chi connectivity index (χ2v) is 5.05. The lowest BCUT2D eigenvalue weighted by atomic mass is 10.6. The van der Waals surface area contributed by atoms with E-state index in [9.17, 15) is 19.2 Å². The van der Waals surface area contributed by atoms with Gasteiger partial charge >= 0.3 is 23.9 Å². The first kappa shape index (κ1) is 26.7. The molecule has 13 heteroatoms. The first-order valence-electron chi connectivity index (χ1n) is 8.55. The number of aliphatic carboxylic acids is 2. The normalized spacial score (nSPS) is 10.5. The van der Waals surface area contributed by atoms with Crippen LogP contribution in [0.25, 0.3) is 0 Å².